The molecule has 65 heavy (non-hydrogen) atoms. The van der Waals surface area contributed by atoms with Crippen molar-refractivity contribution in [3.8, 4) is 0 Å². The van der Waals surface area contributed by atoms with Crippen LogP contribution in [0.4, 0.5) is 0 Å². The molecule has 15 heteroatoms. The largest absolute Gasteiger partial charge is 0.459 e. The molecular weight excluding hydrogens is 851 g/mol. The first kappa shape index (κ1) is 43.8. The summed E-state index contributed by atoms with van der Waals surface area (Å²) in [6.45, 7) is -0.585. The third-order valence-electron chi connectivity index (χ3n) is 10.3. The molecule has 1 unspecified atom stereocenters. The summed E-state index contributed by atoms with van der Waals surface area (Å²) in [5.74, 6) is -4.55. The van der Waals surface area contributed by atoms with Gasteiger partial charge in [-0.3, -0.25) is 14.9 Å². The molecule has 0 saturated carbocycles. The summed E-state index contributed by atoms with van der Waals surface area (Å²) >= 11 is 0.901. The van der Waals surface area contributed by atoms with Gasteiger partial charge in [-0.2, -0.15) is 0 Å². The van der Waals surface area contributed by atoms with E-state index in [-0.39, 0.29) is 33.0 Å². The van der Waals surface area contributed by atoms with Crippen LogP contribution in [0.25, 0.3) is 0 Å². The van der Waals surface area contributed by atoms with Crippen molar-refractivity contribution < 1.29 is 52.5 Å². The van der Waals surface area contributed by atoms with Crippen LogP contribution in [0.5, 0.6) is 0 Å². The van der Waals surface area contributed by atoms with Gasteiger partial charge in [-0.1, -0.05) is 121 Å². The molecule has 0 spiro atoms. The quantitative estimate of drug-likeness (QED) is 0.0968. The fourth-order valence-electron chi connectivity index (χ4n) is 7.07. The van der Waals surface area contributed by atoms with Gasteiger partial charge in [-0.25, -0.2) is 24.2 Å². The molecule has 1 fully saturated rings. The third-order valence-corrected chi connectivity index (χ3v) is 11.4. The summed E-state index contributed by atoms with van der Waals surface area (Å²) in [5.41, 5.74) is 1.06. The van der Waals surface area contributed by atoms with E-state index in [1.807, 2.05) is 0 Å². The lowest BCUT2D eigenvalue weighted by molar-refractivity contribution is -0.233. The Morgan fingerprint density at radius 3 is 1.34 bits per heavy atom. The zero-order chi connectivity index (χ0) is 45.1. The lowest BCUT2D eigenvalue weighted by atomic mass is 9.93. The molecule has 2 aliphatic heterocycles. The van der Waals surface area contributed by atoms with Crippen LogP contribution in [0.1, 0.15) is 62.1 Å². The van der Waals surface area contributed by atoms with Crippen molar-refractivity contribution in [3.63, 3.8) is 0 Å². The highest BCUT2D eigenvalue weighted by atomic mass is 32.2. The lowest BCUT2D eigenvalue weighted by Gasteiger charge is -2.46. The predicted octanol–water partition coefficient (Wildman–Crippen LogP) is 7.20. The zero-order valence-electron chi connectivity index (χ0n) is 34.3. The van der Waals surface area contributed by atoms with Crippen molar-refractivity contribution in [2.24, 2.45) is 5.10 Å². The summed E-state index contributed by atoms with van der Waals surface area (Å²) in [4.78, 5) is 84.0. The predicted molar refractivity (Wildman–Crippen MR) is 238 cm³/mol. The summed E-state index contributed by atoms with van der Waals surface area (Å²) in [6.07, 6.45) is -7.94. The number of nitrogens with zero attached hydrogens (tertiary/aromatic N) is 2. The van der Waals surface area contributed by atoms with Gasteiger partial charge >= 0.3 is 23.9 Å². The highest BCUT2D eigenvalue weighted by Crippen LogP contribution is 2.40. The molecule has 14 nitrogen and oxygen atoms in total. The van der Waals surface area contributed by atoms with E-state index in [4.69, 9.17) is 23.7 Å². The van der Waals surface area contributed by atoms with Gasteiger partial charge in [0.25, 0.3) is 11.8 Å². The molecule has 2 amide bonds. The number of nitrogens with one attached hydrogen (secondary N) is 1. The van der Waals surface area contributed by atoms with Crippen LogP contribution in [0, 0.1) is 0 Å². The Kier molecular flexibility index (Phi) is 13.8. The molecule has 6 atom stereocenters. The van der Waals surface area contributed by atoms with Gasteiger partial charge in [-0.15, -0.1) is 5.10 Å². The molecule has 2 heterocycles. The number of amides is 2. The topological polar surface area (TPSA) is 176 Å². The Balaban J connectivity index is 1.25. The van der Waals surface area contributed by atoms with Crippen molar-refractivity contribution in [1.29, 1.82) is 0 Å². The van der Waals surface area contributed by atoms with Crippen LogP contribution in [0.3, 0.4) is 0 Å². The average Bonchev–Trinajstić information content (AvgIpc) is 3.78. The number of esters is 4. The van der Waals surface area contributed by atoms with E-state index in [0.717, 1.165) is 16.8 Å². The molecular formula is C50H39N3O11S. The summed E-state index contributed by atoms with van der Waals surface area (Å²) in [5, 5.41) is 7.11. The molecule has 1 N–H and O–H groups in total. The molecule has 8 rings (SSSR count). The number of ether oxygens (including phenoxy) is 5. The maximum Gasteiger partial charge on any atom is 0.338 e. The number of hydrazone groups is 1. The molecule has 326 valence electrons. The van der Waals surface area contributed by atoms with E-state index < -0.39 is 78.2 Å². The van der Waals surface area contributed by atoms with E-state index in [9.17, 15) is 28.8 Å². The molecule has 0 radical (unpaired) electrons. The number of thioether (sulfide) groups is 1. The minimum atomic E-state index is -1.69. The minimum Gasteiger partial charge on any atom is -0.459 e. The normalized spacial score (nSPS) is 20.1. The lowest BCUT2D eigenvalue weighted by Crippen LogP contribution is -2.66. The number of carbonyl (C=O) groups is 6. The van der Waals surface area contributed by atoms with Crippen LogP contribution in [0.2, 0.25) is 0 Å². The summed E-state index contributed by atoms with van der Waals surface area (Å²) < 4.78 is 31.4. The number of rotatable bonds is 12. The molecule has 6 aromatic rings. The van der Waals surface area contributed by atoms with Crippen molar-refractivity contribution in [2.75, 3.05) is 6.61 Å². The smallest absolute Gasteiger partial charge is 0.338 e. The first-order chi connectivity index (χ1) is 31.7. The van der Waals surface area contributed by atoms with Crippen LogP contribution in [-0.2, 0) is 23.7 Å². The van der Waals surface area contributed by atoms with Crippen molar-refractivity contribution in [1.82, 2.24) is 10.3 Å². The van der Waals surface area contributed by atoms with Crippen LogP contribution in [0.15, 0.2) is 187 Å². The number of hydrogen-bond acceptors (Lipinski definition) is 13. The molecule has 6 aromatic carbocycles. The highest BCUT2D eigenvalue weighted by Gasteiger charge is 2.58. The van der Waals surface area contributed by atoms with Gasteiger partial charge in [0.15, 0.2) is 23.5 Å². The fraction of sp³-hybridized carbons (Fsp3) is 0.140. The van der Waals surface area contributed by atoms with E-state index in [2.05, 4.69) is 10.4 Å². The van der Waals surface area contributed by atoms with Crippen LogP contribution < -0.4 is 5.32 Å². The number of hydrogen-bond donors (Lipinski definition) is 1. The van der Waals surface area contributed by atoms with Gasteiger partial charge in [0, 0.05) is 11.1 Å². The zero-order valence-corrected chi connectivity index (χ0v) is 35.1. The Morgan fingerprint density at radius 2 is 0.877 bits per heavy atom. The Morgan fingerprint density at radius 1 is 0.492 bits per heavy atom. The average molecular weight is 890 g/mol. The first-order valence-electron chi connectivity index (χ1n) is 20.4. The van der Waals surface area contributed by atoms with Crippen LogP contribution >= 0.6 is 11.8 Å². The van der Waals surface area contributed by atoms with Crippen molar-refractivity contribution in [2.45, 2.75) is 35.9 Å². The second kappa shape index (κ2) is 20.5. The van der Waals surface area contributed by atoms with Crippen molar-refractivity contribution >= 4 is 52.6 Å². The molecule has 0 bridgehead atoms. The third kappa shape index (κ3) is 10.5. The van der Waals surface area contributed by atoms with E-state index in [1.54, 1.807) is 146 Å². The Bertz CT molecular complexity index is 2660. The summed E-state index contributed by atoms with van der Waals surface area (Å²) in [7, 11) is 0. The standard InChI is InChI=1S/C50H39N3O11S/c54-43(32-19-7-1-8-20-32)51-50-52-53(44(55)33-21-9-2-10-22-33)45(65-50)42-41(64-49(59)37-29-17-6-18-30-37)40(63-48(58)36-27-15-5-16-28-36)39(62-47(57)35-25-13-4-14-26-35)38(61-42)31-60-46(56)34-23-11-3-12-24-34/h1-30,38-42,45H,31H2,(H,51,52,54)/t38-,39-,40+,41-,42-,45?/m1/s1. The maximum atomic E-state index is 14.5. The number of carbonyl (C=O) groups excluding carboxylic acids is 6. The van der Waals surface area contributed by atoms with Gasteiger partial charge < -0.3 is 23.7 Å². The fourth-order valence-corrected chi connectivity index (χ4v) is 8.18. The molecule has 2 aliphatic rings. The highest BCUT2D eigenvalue weighted by molar-refractivity contribution is 8.14. The van der Waals surface area contributed by atoms with Crippen LogP contribution in [-0.4, -0.2) is 88.4 Å². The SMILES string of the molecule is O=C(NC1=NN(C(=O)c2ccccc2)C([C@@H]2O[C@H](COC(=O)c3ccccc3)[C@@H](OC(=O)c3ccccc3)[C@H](OC(=O)c3ccccc3)[C@H]2OC(=O)c2ccccc2)S1)c1ccccc1. The molecule has 0 aliphatic carbocycles. The van der Waals surface area contributed by atoms with Gasteiger partial charge in [0.2, 0.25) is 0 Å². The summed E-state index contributed by atoms with van der Waals surface area (Å²) in [6, 6.07) is 48.7. The second-order valence-electron chi connectivity index (χ2n) is 14.6. The molecule has 0 aromatic heterocycles. The van der Waals surface area contributed by atoms with Gasteiger partial charge in [-0.05, 0) is 72.8 Å². The van der Waals surface area contributed by atoms with E-state index >= 15 is 0 Å². The number of amidine groups is 1. The van der Waals surface area contributed by atoms with E-state index in [1.165, 1.54) is 36.4 Å². The first-order valence-corrected chi connectivity index (χ1v) is 21.3. The monoisotopic (exact) mass is 889 g/mol. The van der Waals surface area contributed by atoms with E-state index in [0.29, 0.717) is 5.56 Å². The Labute approximate surface area is 377 Å². The molecule has 1 saturated heterocycles. The van der Waals surface area contributed by atoms with Gasteiger partial charge in [0.1, 0.15) is 24.2 Å². The maximum absolute atomic E-state index is 14.5. The van der Waals surface area contributed by atoms with Crippen molar-refractivity contribution in [3.05, 3.63) is 215 Å². The Hall–Kier alpha value is -7.88. The van der Waals surface area contributed by atoms with Gasteiger partial charge in [0.05, 0.1) is 22.3 Å². The number of benzene rings is 6. The minimum absolute atomic E-state index is 0.0209. The second-order valence-corrected chi connectivity index (χ2v) is 15.7.